The number of nitrogens with zero attached hydrogens (tertiary/aromatic N) is 4. The number of non-ortho nitro benzene ring substituents is 1. The van der Waals surface area contributed by atoms with Gasteiger partial charge in [-0.15, -0.1) is 10.2 Å². The van der Waals surface area contributed by atoms with Gasteiger partial charge in [-0.3, -0.25) is 19.5 Å². The average Bonchev–Trinajstić information content (AvgIpc) is 3.25. The van der Waals surface area contributed by atoms with Crippen LogP contribution in [0.5, 0.6) is 0 Å². The Bertz CT molecular complexity index is 1330. The van der Waals surface area contributed by atoms with E-state index < -0.39 is 4.92 Å². The Morgan fingerprint density at radius 2 is 1.82 bits per heavy atom. The molecule has 0 bridgehead atoms. The summed E-state index contributed by atoms with van der Waals surface area (Å²) in [6, 6.07) is 18.6. The third kappa shape index (κ3) is 5.59. The number of nitro groups is 1. The lowest BCUT2D eigenvalue weighted by molar-refractivity contribution is -0.384. The third-order valence-electron chi connectivity index (χ3n) is 4.79. The zero-order valence-corrected chi connectivity index (χ0v) is 19.1. The predicted octanol–water partition coefficient (Wildman–Crippen LogP) is 5.19. The topological polar surface area (TPSA) is 103 Å². The molecule has 34 heavy (non-hydrogen) atoms. The van der Waals surface area contributed by atoms with Crippen LogP contribution in [0.3, 0.4) is 0 Å². The summed E-state index contributed by atoms with van der Waals surface area (Å²) in [5, 5.41) is 23.3. The number of benzene rings is 3. The number of rotatable bonds is 8. The Morgan fingerprint density at radius 3 is 2.50 bits per heavy atom. The molecular weight excluding hydrogens is 481 g/mol. The molecule has 11 heteroatoms. The molecule has 0 saturated carbocycles. The van der Waals surface area contributed by atoms with Crippen LogP contribution in [0.2, 0.25) is 5.02 Å². The summed E-state index contributed by atoms with van der Waals surface area (Å²) in [4.78, 5) is 23.1. The quantitative estimate of drug-likeness (QED) is 0.204. The molecule has 4 rings (SSSR count). The number of aromatic nitrogens is 3. The molecule has 172 valence electrons. The molecule has 1 heterocycles. The fraction of sp³-hybridized carbons (Fsp3) is 0.0870. The molecule has 0 aliphatic rings. The lowest BCUT2D eigenvalue weighted by Gasteiger charge is -2.11. The number of thioether (sulfide) groups is 1. The lowest BCUT2D eigenvalue weighted by Crippen LogP contribution is -2.24. The Morgan fingerprint density at radius 1 is 1.09 bits per heavy atom. The molecule has 0 unspecified atom stereocenters. The maximum absolute atomic E-state index is 13.2. The fourth-order valence-electron chi connectivity index (χ4n) is 3.11. The molecule has 0 spiro atoms. The van der Waals surface area contributed by atoms with Gasteiger partial charge in [0.25, 0.3) is 11.6 Å². The highest BCUT2D eigenvalue weighted by molar-refractivity contribution is 7.98. The number of nitro benzene ring substituents is 1. The van der Waals surface area contributed by atoms with Crippen molar-refractivity contribution in [1.29, 1.82) is 0 Å². The maximum Gasteiger partial charge on any atom is 0.269 e. The number of hydrogen-bond acceptors (Lipinski definition) is 6. The number of amides is 1. The first-order valence-corrected chi connectivity index (χ1v) is 11.4. The highest BCUT2D eigenvalue weighted by atomic mass is 35.5. The molecule has 0 aliphatic heterocycles. The molecule has 3 aromatic carbocycles. The Kier molecular flexibility index (Phi) is 7.19. The van der Waals surface area contributed by atoms with Gasteiger partial charge < -0.3 is 5.32 Å². The molecule has 0 saturated heterocycles. The van der Waals surface area contributed by atoms with Crippen LogP contribution in [0.25, 0.3) is 5.69 Å². The fourth-order valence-corrected chi connectivity index (χ4v) is 4.23. The Hall–Kier alpha value is -3.76. The van der Waals surface area contributed by atoms with Crippen molar-refractivity contribution in [3.8, 4) is 5.69 Å². The molecule has 0 radical (unpaired) electrons. The molecule has 0 atom stereocenters. The molecule has 4 aromatic rings. The Labute approximate surface area is 202 Å². The van der Waals surface area contributed by atoms with Gasteiger partial charge in [-0.25, -0.2) is 4.39 Å². The summed E-state index contributed by atoms with van der Waals surface area (Å²) < 4.78 is 14.9. The molecule has 0 aliphatic carbocycles. The van der Waals surface area contributed by atoms with Crippen molar-refractivity contribution in [2.24, 2.45) is 0 Å². The highest BCUT2D eigenvalue weighted by Gasteiger charge is 2.17. The van der Waals surface area contributed by atoms with Gasteiger partial charge in [-0.2, -0.15) is 0 Å². The number of halogens is 2. The van der Waals surface area contributed by atoms with Gasteiger partial charge in [0.15, 0.2) is 11.0 Å². The summed E-state index contributed by atoms with van der Waals surface area (Å²) in [7, 11) is 0. The SMILES string of the molecule is O=C(NCc1nnc(SCc2ccc(F)cc2)n1-c1ccc([N+](=O)[O-])cc1)c1cccc(Cl)c1. The van der Waals surface area contributed by atoms with Crippen LogP contribution in [0.4, 0.5) is 10.1 Å². The van der Waals surface area contributed by atoms with E-state index in [4.69, 9.17) is 11.6 Å². The van der Waals surface area contributed by atoms with E-state index in [0.717, 1.165) is 5.56 Å². The summed E-state index contributed by atoms with van der Waals surface area (Å²) in [5.74, 6) is 0.285. The van der Waals surface area contributed by atoms with Crippen LogP contribution >= 0.6 is 23.4 Å². The molecule has 1 amide bonds. The van der Waals surface area contributed by atoms with Gasteiger partial charge in [0.05, 0.1) is 11.5 Å². The zero-order chi connectivity index (χ0) is 24.1. The van der Waals surface area contributed by atoms with Crippen LogP contribution in [-0.4, -0.2) is 25.6 Å². The molecule has 1 N–H and O–H groups in total. The summed E-state index contributed by atoms with van der Waals surface area (Å²) >= 11 is 7.33. The van der Waals surface area contributed by atoms with Crippen LogP contribution in [0.15, 0.2) is 78.0 Å². The Balaban J connectivity index is 1.59. The monoisotopic (exact) mass is 497 g/mol. The van der Waals surface area contributed by atoms with E-state index in [1.54, 1.807) is 53.1 Å². The van der Waals surface area contributed by atoms with E-state index in [1.807, 2.05) is 0 Å². The first kappa shape index (κ1) is 23.4. The van der Waals surface area contributed by atoms with Crippen molar-refractivity contribution in [2.75, 3.05) is 0 Å². The van der Waals surface area contributed by atoms with E-state index in [0.29, 0.717) is 33.0 Å². The van der Waals surface area contributed by atoms with Gasteiger partial charge in [-0.05, 0) is 48.0 Å². The third-order valence-corrected chi connectivity index (χ3v) is 6.03. The van der Waals surface area contributed by atoms with Crippen molar-refractivity contribution in [3.63, 3.8) is 0 Å². The van der Waals surface area contributed by atoms with E-state index in [1.165, 1.54) is 36.0 Å². The molecule has 8 nitrogen and oxygen atoms in total. The minimum atomic E-state index is -0.480. The number of nitrogens with one attached hydrogen (secondary N) is 1. The summed E-state index contributed by atoms with van der Waals surface area (Å²) in [6.07, 6.45) is 0. The summed E-state index contributed by atoms with van der Waals surface area (Å²) in [5.41, 5.74) is 1.85. The first-order valence-electron chi connectivity index (χ1n) is 10.0. The highest BCUT2D eigenvalue weighted by Crippen LogP contribution is 2.26. The van der Waals surface area contributed by atoms with Gasteiger partial charge >= 0.3 is 0 Å². The second-order valence-electron chi connectivity index (χ2n) is 7.12. The normalized spacial score (nSPS) is 10.8. The zero-order valence-electron chi connectivity index (χ0n) is 17.5. The minimum Gasteiger partial charge on any atom is -0.345 e. The maximum atomic E-state index is 13.2. The number of carbonyl (C=O) groups is 1. The molecule has 0 fully saturated rings. The lowest BCUT2D eigenvalue weighted by atomic mass is 10.2. The second kappa shape index (κ2) is 10.4. The van der Waals surface area contributed by atoms with E-state index in [9.17, 15) is 19.3 Å². The van der Waals surface area contributed by atoms with Gasteiger partial charge in [0, 0.05) is 34.2 Å². The van der Waals surface area contributed by atoms with Crippen molar-refractivity contribution < 1.29 is 14.1 Å². The number of carbonyl (C=O) groups excluding carboxylic acids is 1. The first-order chi connectivity index (χ1) is 16.4. The standard InChI is InChI=1S/C23H17ClFN5O3S/c24-17-3-1-2-16(12-17)22(31)26-13-21-27-28-23(34-14-15-4-6-18(25)7-5-15)29(21)19-8-10-20(11-9-19)30(32)33/h1-12H,13-14H2,(H,26,31). The van der Waals surface area contributed by atoms with Crippen LogP contribution in [0, 0.1) is 15.9 Å². The van der Waals surface area contributed by atoms with Crippen molar-refractivity contribution >= 4 is 35.0 Å². The van der Waals surface area contributed by atoms with Gasteiger partial charge in [-0.1, -0.05) is 41.6 Å². The molecule has 1 aromatic heterocycles. The smallest absolute Gasteiger partial charge is 0.269 e. The number of hydrogen-bond donors (Lipinski definition) is 1. The van der Waals surface area contributed by atoms with E-state index >= 15 is 0 Å². The van der Waals surface area contributed by atoms with E-state index in [2.05, 4.69) is 15.5 Å². The summed E-state index contributed by atoms with van der Waals surface area (Å²) in [6.45, 7) is 0.0619. The van der Waals surface area contributed by atoms with Gasteiger partial charge in [0.1, 0.15) is 5.82 Å². The average molecular weight is 498 g/mol. The van der Waals surface area contributed by atoms with Crippen molar-refractivity contribution in [3.05, 3.63) is 111 Å². The van der Waals surface area contributed by atoms with Crippen LogP contribution in [0.1, 0.15) is 21.7 Å². The van der Waals surface area contributed by atoms with Crippen molar-refractivity contribution in [2.45, 2.75) is 17.5 Å². The van der Waals surface area contributed by atoms with Crippen molar-refractivity contribution in [1.82, 2.24) is 20.1 Å². The largest absolute Gasteiger partial charge is 0.345 e. The molecular formula is C23H17ClFN5O3S. The van der Waals surface area contributed by atoms with Gasteiger partial charge in [0.2, 0.25) is 0 Å². The predicted molar refractivity (Wildman–Crippen MR) is 127 cm³/mol. The van der Waals surface area contributed by atoms with Crippen LogP contribution < -0.4 is 5.32 Å². The second-order valence-corrected chi connectivity index (χ2v) is 8.49. The van der Waals surface area contributed by atoms with E-state index in [-0.39, 0.29) is 24.0 Å². The minimum absolute atomic E-state index is 0.0480. The van der Waals surface area contributed by atoms with Crippen LogP contribution in [-0.2, 0) is 12.3 Å².